The van der Waals surface area contributed by atoms with Gasteiger partial charge in [-0.05, 0) is 69.0 Å². The van der Waals surface area contributed by atoms with E-state index in [0.29, 0.717) is 30.3 Å². The van der Waals surface area contributed by atoms with Gasteiger partial charge in [0.2, 0.25) is 5.91 Å². The summed E-state index contributed by atoms with van der Waals surface area (Å²) in [5.74, 6) is 0.938. The largest absolute Gasteiger partial charge is 0.369 e. The molecule has 1 aromatic carbocycles. The molecular weight excluding hydrogens is 398 g/mol. The molecule has 2 aromatic rings. The Hall–Kier alpha value is -2.28. The zero-order valence-corrected chi connectivity index (χ0v) is 18.4. The number of anilines is 1. The number of pyridine rings is 1. The van der Waals surface area contributed by atoms with E-state index < -0.39 is 6.43 Å². The Morgan fingerprint density at radius 1 is 1.26 bits per heavy atom. The minimum Gasteiger partial charge on any atom is -0.369 e. The number of hydrogen-bond donors (Lipinski definition) is 1. The van der Waals surface area contributed by atoms with Gasteiger partial charge in [-0.3, -0.25) is 9.78 Å². The fraction of sp³-hybridized carbons (Fsp3) is 0.583. The van der Waals surface area contributed by atoms with Crippen LogP contribution in [-0.4, -0.2) is 55.1 Å². The third kappa shape index (κ3) is 5.14. The maximum absolute atomic E-state index is 13.5. The summed E-state index contributed by atoms with van der Waals surface area (Å²) in [6, 6.07) is 6.96. The van der Waals surface area contributed by atoms with Crippen LogP contribution < -0.4 is 10.2 Å². The van der Waals surface area contributed by atoms with Gasteiger partial charge in [0.05, 0.1) is 5.52 Å². The van der Waals surface area contributed by atoms with Crippen LogP contribution >= 0.6 is 0 Å². The predicted molar refractivity (Wildman–Crippen MR) is 119 cm³/mol. The molecule has 2 aliphatic rings. The second-order valence-corrected chi connectivity index (χ2v) is 9.36. The van der Waals surface area contributed by atoms with Gasteiger partial charge in [-0.15, -0.1) is 0 Å². The number of carbonyl (C=O) groups excluding carboxylic acids is 1. The van der Waals surface area contributed by atoms with Gasteiger partial charge >= 0.3 is 0 Å². The molecule has 5 nitrogen and oxygen atoms in total. The molecule has 1 aromatic heterocycles. The van der Waals surface area contributed by atoms with Gasteiger partial charge in [-0.1, -0.05) is 6.92 Å². The van der Waals surface area contributed by atoms with Crippen molar-refractivity contribution in [3.05, 3.63) is 36.0 Å². The van der Waals surface area contributed by atoms with E-state index in [-0.39, 0.29) is 17.5 Å². The molecule has 0 saturated carbocycles. The van der Waals surface area contributed by atoms with Crippen molar-refractivity contribution in [3.8, 4) is 0 Å². The number of piperidine rings is 2. The van der Waals surface area contributed by atoms with Gasteiger partial charge in [0.25, 0.3) is 6.43 Å². The number of nitrogens with one attached hydrogen (secondary N) is 1. The predicted octanol–water partition coefficient (Wildman–Crippen LogP) is 4.24. The molecule has 0 aliphatic carbocycles. The van der Waals surface area contributed by atoms with E-state index in [9.17, 15) is 13.6 Å². The quantitative estimate of drug-likeness (QED) is 0.771. The van der Waals surface area contributed by atoms with Crippen LogP contribution in [0, 0.1) is 11.8 Å². The summed E-state index contributed by atoms with van der Waals surface area (Å²) in [5, 5.41) is 3.99. The average Bonchev–Trinajstić information content (AvgIpc) is 2.72. The standard InChI is InChI=1S/C24H32F2N4O/c1-16-11-18(28-22(31)12-17-5-4-10-29(2)14-17)15-30(13-16)21-8-7-20(24(25)26)23-19(21)6-3-9-27-23/h3,6-9,16-18,24H,4-5,10-15H2,1-2H3,(H,28,31). The lowest BCUT2D eigenvalue weighted by Gasteiger charge is -2.39. The van der Waals surface area contributed by atoms with E-state index in [1.165, 1.54) is 6.07 Å². The number of benzene rings is 1. The SMILES string of the molecule is CC1CC(NC(=O)CC2CCCN(C)C2)CN(c2ccc(C(F)F)c3ncccc23)C1. The number of likely N-dealkylation sites (tertiary alicyclic amines) is 1. The highest BCUT2D eigenvalue weighted by Gasteiger charge is 2.29. The molecule has 0 radical (unpaired) electrons. The first-order valence-corrected chi connectivity index (χ1v) is 11.3. The lowest BCUT2D eigenvalue weighted by molar-refractivity contribution is -0.123. The first-order chi connectivity index (χ1) is 14.9. The normalized spacial score (nSPS) is 25.2. The molecule has 1 N–H and O–H groups in total. The van der Waals surface area contributed by atoms with E-state index in [1.54, 1.807) is 18.3 Å². The molecule has 2 fully saturated rings. The molecule has 2 saturated heterocycles. The number of halogens is 2. The first-order valence-electron chi connectivity index (χ1n) is 11.3. The van der Waals surface area contributed by atoms with E-state index in [2.05, 4.69) is 34.1 Å². The number of hydrogen-bond acceptors (Lipinski definition) is 4. The van der Waals surface area contributed by atoms with Crippen LogP contribution in [-0.2, 0) is 4.79 Å². The number of alkyl halides is 2. The Labute approximate surface area is 182 Å². The second-order valence-electron chi connectivity index (χ2n) is 9.36. The molecule has 3 atom stereocenters. The van der Waals surface area contributed by atoms with Gasteiger partial charge < -0.3 is 15.1 Å². The Bertz CT molecular complexity index is 922. The van der Waals surface area contributed by atoms with Crippen molar-refractivity contribution in [2.24, 2.45) is 11.8 Å². The molecule has 168 valence electrons. The van der Waals surface area contributed by atoms with Crippen molar-refractivity contribution in [1.82, 2.24) is 15.2 Å². The summed E-state index contributed by atoms with van der Waals surface area (Å²) in [6.45, 7) is 5.78. The topological polar surface area (TPSA) is 48.5 Å². The van der Waals surface area contributed by atoms with Crippen LogP contribution in [0.4, 0.5) is 14.5 Å². The molecule has 0 bridgehead atoms. The Morgan fingerprint density at radius 3 is 2.87 bits per heavy atom. The smallest absolute Gasteiger partial charge is 0.265 e. The number of carbonyl (C=O) groups is 1. The number of nitrogens with zero attached hydrogens (tertiary/aromatic N) is 3. The summed E-state index contributed by atoms with van der Waals surface area (Å²) in [4.78, 5) is 21.5. The third-order valence-corrected chi connectivity index (χ3v) is 6.57. The van der Waals surface area contributed by atoms with Crippen LogP contribution in [0.3, 0.4) is 0 Å². The zero-order valence-electron chi connectivity index (χ0n) is 18.4. The summed E-state index contributed by atoms with van der Waals surface area (Å²) in [5.41, 5.74) is 1.23. The summed E-state index contributed by atoms with van der Waals surface area (Å²) < 4.78 is 26.9. The highest BCUT2D eigenvalue weighted by molar-refractivity contribution is 5.94. The van der Waals surface area contributed by atoms with Gasteiger partial charge in [-0.2, -0.15) is 0 Å². The molecule has 3 unspecified atom stereocenters. The maximum atomic E-state index is 13.5. The molecule has 1 amide bonds. The van der Waals surface area contributed by atoms with Gasteiger partial charge in [0.15, 0.2) is 0 Å². The van der Waals surface area contributed by atoms with Gasteiger partial charge in [-0.25, -0.2) is 8.78 Å². The highest BCUT2D eigenvalue weighted by Crippen LogP contribution is 2.34. The fourth-order valence-electron chi connectivity index (χ4n) is 5.27. The zero-order chi connectivity index (χ0) is 22.0. The van der Waals surface area contributed by atoms with E-state index >= 15 is 0 Å². The average molecular weight is 431 g/mol. The van der Waals surface area contributed by atoms with Crippen molar-refractivity contribution in [2.45, 2.75) is 45.1 Å². The lowest BCUT2D eigenvalue weighted by Crippen LogP contribution is -2.51. The van der Waals surface area contributed by atoms with Crippen molar-refractivity contribution in [2.75, 3.05) is 38.1 Å². The summed E-state index contributed by atoms with van der Waals surface area (Å²) in [7, 11) is 2.11. The van der Waals surface area contributed by atoms with Gasteiger partial charge in [0.1, 0.15) is 0 Å². The molecule has 2 aliphatic heterocycles. The maximum Gasteiger partial charge on any atom is 0.265 e. The van der Waals surface area contributed by atoms with Gasteiger partial charge in [0, 0.05) is 54.9 Å². The van der Waals surface area contributed by atoms with Crippen molar-refractivity contribution < 1.29 is 13.6 Å². The highest BCUT2D eigenvalue weighted by atomic mass is 19.3. The number of rotatable bonds is 5. The third-order valence-electron chi connectivity index (χ3n) is 6.57. The van der Waals surface area contributed by atoms with E-state index in [4.69, 9.17) is 0 Å². The summed E-state index contributed by atoms with van der Waals surface area (Å²) >= 11 is 0. The monoisotopic (exact) mass is 430 g/mol. The molecule has 4 rings (SSSR count). The van der Waals surface area contributed by atoms with Crippen LogP contribution in [0.2, 0.25) is 0 Å². The van der Waals surface area contributed by atoms with Crippen LogP contribution in [0.15, 0.2) is 30.5 Å². The minimum atomic E-state index is -2.56. The van der Waals surface area contributed by atoms with E-state index in [1.807, 2.05) is 6.07 Å². The summed E-state index contributed by atoms with van der Waals surface area (Å²) in [6.07, 6.45) is 2.77. The molecule has 0 spiro atoms. The van der Waals surface area contributed by atoms with E-state index in [0.717, 1.165) is 50.0 Å². The minimum absolute atomic E-state index is 0.0355. The number of amides is 1. The Morgan fingerprint density at radius 2 is 2.10 bits per heavy atom. The fourth-order valence-corrected chi connectivity index (χ4v) is 5.27. The number of fused-ring (bicyclic) bond motifs is 1. The second kappa shape index (κ2) is 9.47. The molecule has 31 heavy (non-hydrogen) atoms. The van der Waals surface area contributed by atoms with Crippen molar-refractivity contribution >= 4 is 22.5 Å². The molecule has 3 heterocycles. The Kier molecular flexibility index (Phi) is 6.70. The van der Waals surface area contributed by atoms with Crippen LogP contribution in [0.1, 0.15) is 44.6 Å². The van der Waals surface area contributed by atoms with Crippen LogP contribution in [0.25, 0.3) is 10.9 Å². The van der Waals surface area contributed by atoms with Crippen molar-refractivity contribution in [1.29, 1.82) is 0 Å². The molecular formula is C24H32F2N4O. The first kappa shape index (κ1) is 21.9. The molecule has 7 heteroatoms. The Balaban J connectivity index is 1.48. The number of aromatic nitrogens is 1. The lowest BCUT2D eigenvalue weighted by atomic mass is 9.92. The van der Waals surface area contributed by atoms with Crippen LogP contribution in [0.5, 0.6) is 0 Å². The van der Waals surface area contributed by atoms with Crippen molar-refractivity contribution in [3.63, 3.8) is 0 Å².